The molecule has 0 aromatic heterocycles. The maximum absolute atomic E-state index is 13.3. The molecule has 6 N–H and O–H groups in total. The van der Waals surface area contributed by atoms with E-state index in [0.29, 0.717) is 0 Å². The van der Waals surface area contributed by atoms with Gasteiger partial charge in [0.05, 0.1) is 10.9 Å². The van der Waals surface area contributed by atoms with Crippen molar-refractivity contribution in [1.82, 2.24) is 15.5 Å². The molecule has 2 amide bonds. The Hall–Kier alpha value is -2.08. The summed E-state index contributed by atoms with van der Waals surface area (Å²) in [5.41, 5.74) is 6.85. The lowest BCUT2D eigenvalue weighted by Crippen LogP contribution is -2.48. The molecule has 1 rings (SSSR count). The minimum Gasteiger partial charge on any atom is -0.355 e. The number of carbonyl (C=O) groups excluding carboxylic acids is 2. The number of hydroxylamine groups is 1. The molecule has 9 nitrogen and oxygen atoms in total. The maximum atomic E-state index is 13.3. The van der Waals surface area contributed by atoms with Gasteiger partial charge in [-0.15, -0.1) is 0 Å². The monoisotopic (exact) mass is 376 g/mol. The molecule has 0 radical (unpaired) electrons. The molecule has 0 fully saturated rings. The lowest BCUT2D eigenvalue weighted by Gasteiger charge is -2.18. The Morgan fingerprint density at radius 3 is 2.48 bits per heavy atom. The molecular weight excluding hydrogens is 355 g/mol. The van der Waals surface area contributed by atoms with Crippen LogP contribution in [0.5, 0.6) is 0 Å². The highest BCUT2D eigenvalue weighted by atomic mass is 32.2. The highest BCUT2D eigenvalue weighted by Gasteiger charge is 2.26. The number of halogens is 1. The van der Waals surface area contributed by atoms with Crippen molar-refractivity contribution in [3.8, 4) is 0 Å². The van der Waals surface area contributed by atoms with E-state index in [1.54, 1.807) is 0 Å². The number of sulfonamides is 1. The topological polar surface area (TPSA) is 151 Å². The lowest BCUT2D eigenvalue weighted by atomic mass is 10.2. The molecule has 140 valence electrons. The van der Waals surface area contributed by atoms with Gasteiger partial charge in [0.1, 0.15) is 11.9 Å². The predicted molar refractivity (Wildman–Crippen MR) is 86.5 cm³/mol. The number of nitrogens with one attached hydrogen (secondary N) is 3. The summed E-state index contributed by atoms with van der Waals surface area (Å²) < 4.78 is 40.0. The van der Waals surface area contributed by atoms with E-state index in [9.17, 15) is 22.4 Å². The molecule has 0 aliphatic rings. The van der Waals surface area contributed by atoms with Crippen LogP contribution in [0.4, 0.5) is 4.39 Å². The molecule has 0 saturated carbocycles. The summed E-state index contributed by atoms with van der Waals surface area (Å²) in [7, 11) is -4.15. The van der Waals surface area contributed by atoms with Crippen molar-refractivity contribution in [1.29, 1.82) is 0 Å². The smallest absolute Gasteiger partial charge is 0.261 e. The van der Waals surface area contributed by atoms with Gasteiger partial charge in [0.25, 0.3) is 5.91 Å². The Labute approximate surface area is 144 Å². The lowest BCUT2D eigenvalue weighted by molar-refractivity contribution is -0.131. The molecule has 0 heterocycles. The second-order valence-electron chi connectivity index (χ2n) is 5.43. The van der Waals surface area contributed by atoms with Crippen LogP contribution in [-0.4, -0.2) is 44.1 Å². The summed E-state index contributed by atoms with van der Waals surface area (Å²) in [6.07, 6.45) is -0.135. The largest absolute Gasteiger partial charge is 0.355 e. The third-order valence-corrected chi connectivity index (χ3v) is 4.78. The summed E-state index contributed by atoms with van der Waals surface area (Å²) in [5.74, 6) is -2.04. The Morgan fingerprint density at radius 2 is 1.96 bits per heavy atom. The van der Waals surface area contributed by atoms with Gasteiger partial charge in [-0.2, -0.15) is 4.72 Å². The summed E-state index contributed by atoms with van der Waals surface area (Å²) >= 11 is 0. The van der Waals surface area contributed by atoms with E-state index in [1.807, 2.05) is 0 Å². The molecule has 2 atom stereocenters. The molecule has 1 aromatic rings. The zero-order valence-corrected chi connectivity index (χ0v) is 14.6. The van der Waals surface area contributed by atoms with E-state index in [4.69, 9.17) is 10.9 Å². The minimum atomic E-state index is -4.15. The molecule has 0 unspecified atom stereocenters. The first kappa shape index (κ1) is 21.0. The summed E-state index contributed by atoms with van der Waals surface area (Å²) in [6.45, 7) is 2.81. The quantitative estimate of drug-likeness (QED) is 0.294. The number of hydrogen-bond donors (Lipinski definition) is 5. The van der Waals surface area contributed by atoms with Crippen LogP contribution in [0.1, 0.15) is 18.9 Å². The fourth-order valence-corrected chi connectivity index (χ4v) is 3.18. The SMILES string of the molecule is Cc1cc(S(=O)(=O)N[C@H](CCNC(=O)[C@H](C)N)C(=O)NO)ccc1F. The van der Waals surface area contributed by atoms with Gasteiger partial charge in [-0.1, -0.05) is 0 Å². The molecule has 0 bridgehead atoms. The van der Waals surface area contributed by atoms with Crippen molar-refractivity contribution in [2.75, 3.05) is 6.54 Å². The van der Waals surface area contributed by atoms with E-state index in [-0.39, 0.29) is 23.4 Å². The Morgan fingerprint density at radius 1 is 1.32 bits per heavy atom. The summed E-state index contributed by atoms with van der Waals surface area (Å²) in [6, 6.07) is 1.05. The normalized spacial score (nSPS) is 13.8. The molecule has 0 aliphatic carbocycles. The van der Waals surface area contributed by atoms with Gasteiger partial charge in [0, 0.05) is 6.54 Å². The number of rotatable bonds is 8. The van der Waals surface area contributed by atoms with E-state index in [0.717, 1.165) is 18.2 Å². The van der Waals surface area contributed by atoms with E-state index < -0.39 is 39.7 Å². The fraction of sp³-hybridized carbons (Fsp3) is 0.429. The zero-order chi connectivity index (χ0) is 19.2. The first-order chi connectivity index (χ1) is 11.6. The average molecular weight is 376 g/mol. The van der Waals surface area contributed by atoms with E-state index in [2.05, 4.69) is 10.0 Å². The number of nitrogens with two attached hydrogens (primary N) is 1. The van der Waals surface area contributed by atoms with Crippen LogP contribution in [0.15, 0.2) is 23.1 Å². The van der Waals surface area contributed by atoms with Crippen LogP contribution in [0, 0.1) is 12.7 Å². The van der Waals surface area contributed by atoms with Crippen LogP contribution >= 0.6 is 0 Å². The van der Waals surface area contributed by atoms with Crippen LogP contribution in [0.25, 0.3) is 0 Å². The highest BCUT2D eigenvalue weighted by molar-refractivity contribution is 7.89. The van der Waals surface area contributed by atoms with Crippen molar-refractivity contribution in [3.05, 3.63) is 29.6 Å². The van der Waals surface area contributed by atoms with Crippen LogP contribution in [0.2, 0.25) is 0 Å². The van der Waals surface area contributed by atoms with Crippen LogP contribution in [0.3, 0.4) is 0 Å². The molecule has 25 heavy (non-hydrogen) atoms. The predicted octanol–water partition coefficient (Wildman–Crippen LogP) is -0.860. The Balaban J connectivity index is 2.87. The molecule has 11 heteroatoms. The molecule has 0 saturated heterocycles. The maximum Gasteiger partial charge on any atom is 0.261 e. The van der Waals surface area contributed by atoms with Crippen molar-refractivity contribution in [2.24, 2.45) is 5.73 Å². The van der Waals surface area contributed by atoms with E-state index >= 15 is 0 Å². The van der Waals surface area contributed by atoms with Crippen molar-refractivity contribution < 1.29 is 27.6 Å². The zero-order valence-electron chi connectivity index (χ0n) is 13.7. The van der Waals surface area contributed by atoms with Gasteiger partial charge in [-0.3, -0.25) is 14.8 Å². The molecular formula is C14H21FN4O5S. The van der Waals surface area contributed by atoms with Gasteiger partial charge >= 0.3 is 0 Å². The van der Waals surface area contributed by atoms with Gasteiger partial charge in [0.15, 0.2) is 0 Å². The Bertz CT molecular complexity index is 739. The molecule has 0 spiro atoms. The number of aryl methyl sites for hydroxylation is 1. The second-order valence-corrected chi connectivity index (χ2v) is 7.14. The summed E-state index contributed by atoms with van der Waals surface area (Å²) in [5, 5.41) is 11.2. The Kier molecular flexibility index (Phi) is 7.42. The van der Waals surface area contributed by atoms with Gasteiger partial charge in [-0.25, -0.2) is 18.3 Å². The van der Waals surface area contributed by atoms with Crippen LogP contribution in [-0.2, 0) is 19.6 Å². The standard InChI is InChI=1S/C14H21FN4O5S/c1-8-7-10(3-4-11(8)15)25(23,24)19-12(14(21)18-22)5-6-17-13(20)9(2)16/h3-4,7,9,12,19,22H,5-6,16H2,1-2H3,(H,17,20)(H,18,21)/t9-,12+/m0/s1. The van der Waals surface area contributed by atoms with Gasteiger partial charge in [-0.05, 0) is 44.0 Å². The molecule has 1 aromatic carbocycles. The van der Waals surface area contributed by atoms with Crippen molar-refractivity contribution in [3.63, 3.8) is 0 Å². The average Bonchev–Trinajstić information content (AvgIpc) is 2.55. The van der Waals surface area contributed by atoms with Gasteiger partial charge in [0.2, 0.25) is 15.9 Å². The van der Waals surface area contributed by atoms with Crippen molar-refractivity contribution in [2.45, 2.75) is 37.2 Å². The minimum absolute atomic E-state index is 0.0522. The van der Waals surface area contributed by atoms with Gasteiger partial charge < -0.3 is 11.1 Å². The highest BCUT2D eigenvalue weighted by Crippen LogP contribution is 2.15. The van der Waals surface area contributed by atoms with Crippen molar-refractivity contribution >= 4 is 21.8 Å². The van der Waals surface area contributed by atoms with E-state index in [1.165, 1.54) is 19.3 Å². The summed E-state index contributed by atoms with van der Waals surface area (Å²) in [4.78, 5) is 22.8. The molecule has 0 aliphatic heterocycles. The first-order valence-corrected chi connectivity index (χ1v) is 8.82. The number of amides is 2. The second kappa shape index (κ2) is 8.85. The number of carbonyl (C=O) groups is 2. The van der Waals surface area contributed by atoms with Crippen LogP contribution < -0.4 is 21.3 Å². The first-order valence-electron chi connectivity index (χ1n) is 7.34. The number of hydrogen-bond acceptors (Lipinski definition) is 6. The third-order valence-electron chi connectivity index (χ3n) is 3.31. The fourth-order valence-electron chi connectivity index (χ4n) is 1.86. The third kappa shape index (κ3) is 6.05. The number of benzene rings is 1.